The maximum absolute atomic E-state index is 13.0. The Morgan fingerprint density at radius 3 is 2.60 bits per heavy atom. The smallest absolute Gasteiger partial charge is 0.251 e. The molecule has 0 aliphatic heterocycles. The first-order chi connectivity index (χ1) is 14.3. The quantitative estimate of drug-likeness (QED) is 0.550. The molecule has 7 heteroatoms. The summed E-state index contributed by atoms with van der Waals surface area (Å²) in [4.78, 5) is 25.7. The summed E-state index contributed by atoms with van der Waals surface area (Å²) in [6.07, 6.45) is 1.79. The monoisotopic (exact) mass is 467 g/mol. The summed E-state index contributed by atoms with van der Waals surface area (Å²) in [7, 11) is 0. The first kappa shape index (κ1) is 20.4. The number of nitriles is 1. The Morgan fingerprint density at radius 2 is 1.93 bits per heavy atom. The van der Waals surface area contributed by atoms with Gasteiger partial charge in [-0.3, -0.25) is 9.59 Å². The SMILES string of the molecule is CC(C)CC(NC(=O)c1ccc2oc3cc(Br)ccc3c2c1)C(=O)NC1(C#N)CC1. The second-order valence-corrected chi connectivity index (χ2v) is 9.21. The van der Waals surface area contributed by atoms with Gasteiger partial charge in [0.05, 0.1) is 6.07 Å². The summed E-state index contributed by atoms with van der Waals surface area (Å²) < 4.78 is 6.77. The lowest BCUT2D eigenvalue weighted by Gasteiger charge is -2.21. The maximum atomic E-state index is 13.0. The number of amides is 2. The fourth-order valence-corrected chi connectivity index (χ4v) is 3.89. The van der Waals surface area contributed by atoms with Crippen molar-refractivity contribution in [1.29, 1.82) is 5.26 Å². The van der Waals surface area contributed by atoms with E-state index < -0.39 is 11.6 Å². The van der Waals surface area contributed by atoms with Gasteiger partial charge in [0, 0.05) is 20.8 Å². The predicted molar refractivity (Wildman–Crippen MR) is 118 cm³/mol. The van der Waals surface area contributed by atoms with Crippen LogP contribution in [0.2, 0.25) is 0 Å². The highest BCUT2D eigenvalue weighted by Crippen LogP contribution is 2.34. The van der Waals surface area contributed by atoms with E-state index in [4.69, 9.17) is 4.42 Å². The predicted octanol–water partition coefficient (Wildman–Crippen LogP) is 4.67. The van der Waals surface area contributed by atoms with Crippen LogP contribution < -0.4 is 10.6 Å². The van der Waals surface area contributed by atoms with Gasteiger partial charge in [-0.2, -0.15) is 5.26 Å². The zero-order valence-corrected chi connectivity index (χ0v) is 18.4. The van der Waals surface area contributed by atoms with E-state index in [1.54, 1.807) is 18.2 Å². The average molecular weight is 468 g/mol. The molecule has 2 N–H and O–H groups in total. The third-order valence-corrected chi connectivity index (χ3v) is 5.84. The molecule has 6 nitrogen and oxygen atoms in total. The van der Waals surface area contributed by atoms with Gasteiger partial charge in [-0.15, -0.1) is 0 Å². The number of halogens is 1. The fraction of sp³-hybridized carbons (Fsp3) is 0.348. The molecular formula is C23H22BrN3O3. The van der Waals surface area contributed by atoms with Crippen molar-refractivity contribution >= 4 is 49.7 Å². The molecule has 154 valence electrons. The molecule has 30 heavy (non-hydrogen) atoms. The minimum Gasteiger partial charge on any atom is -0.456 e. The Kier molecular flexibility index (Phi) is 5.29. The molecule has 2 amide bonds. The molecule has 1 fully saturated rings. The molecule has 1 atom stereocenters. The van der Waals surface area contributed by atoms with Crippen LogP contribution >= 0.6 is 15.9 Å². The highest BCUT2D eigenvalue weighted by molar-refractivity contribution is 9.10. The Morgan fingerprint density at radius 1 is 1.17 bits per heavy atom. The zero-order chi connectivity index (χ0) is 21.5. The van der Waals surface area contributed by atoms with E-state index in [2.05, 4.69) is 32.6 Å². The lowest BCUT2D eigenvalue weighted by atomic mass is 10.0. The molecule has 3 aromatic rings. The van der Waals surface area contributed by atoms with Crippen molar-refractivity contribution in [1.82, 2.24) is 10.6 Å². The molecule has 1 aromatic heterocycles. The highest BCUT2D eigenvalue weighted by Gasteiger charge is 2.45. The van der Waals surface area contributed by atoms with Crippen LogP contribution in [0.5, 0.6) is 0 Å². The molecule has 1 aliphatic carbocycles. The van der Waals surface area contributed by atoms with Crippen molar-refractivity contribution in [3.05, 3.63) is 46.4 Å². The van der Waals surface area contributed by atoms with Gasteiger partial charge in [0.1, 0.15) is 22.7 Å². The van der Waals surface area contributed by atoms with E-state index in [-0.39, 0.29) is 17.7 Å². The number of rotatable bonds is 6. The molecule has 0 bridgehead atoms. The van der Waals surface area contributed by atoms with Crippen molar-refractivity contribution in [2.75, 3.05) is 0 Å². The normalized spacial score (nSPS) is 15.7. The van der Waals surface area contributed by atoms with Crippen LogP contribution in [0.25, 0.3) is 21.9 Å². The summed E-state index contributed by atoms with van der Waals surface area (Å²) in [6.45, 7) is 3.98. The number of hydrogen-bond acceptors (Lipinski definition) is 4. The van der Waals surface area contributed by atoms with Crippen molar-refractivity contribution < 1.29 is 14.0 Å². The van der Waals surface area contributed by atoms with Gasteiger partial charge in [-0.05, 0) is 61.6 Å². The standard InChI is InChI=1S/C23H22BrN3O3/c1-13(2)9-18(22(29)27-23(12-25)7-8-23)26-21(28)14-3-6-19-17(10-14)16-5-4-15(24)11-20(16)30-19/h3-6,10-11,13,18H,7-9H2,1-2H3,(H,26,28)(H,27,29). The molecule has 0 radical (unpaired) electrons. The first-order valence-electron chi connectivity index (χ1n) is 9.96. The number of hydrogen-bond donors (Lipinski definition) is 2. The molecule has 4 rings (SSSR count). The summed E-state index contributed by atoms with van der Waals surface area (Å²) in [5.74, 6) is -0.432. The van der Waals surface area contributed by atoms with Crippen LogP contribution in [-0.4, -0.2) is 23.4 Å². The van der Waals surface area contributed by atoms with E-state index in [1.807, 2.05) is 32.0 Å². The van der Waals surface area contributed by atoms with Crippen LogP contribution in [0.15, 0.2) is 45.3 Å². The largest absolute Gasteiger partial charge is 0.456 e. The number of nitrogens with one attached hydrogen (secondary N) is 2. The number of nitrogens with zero attached hydrogens (tertiary/aromatic N) is 1. The van der Waals surface area contributed by atoms with Crippen LogP contribution in [0.4, 0.5) is 0 Å². The summed E-state index contributed by atoms with van der Waals surface area (Å²) >= 11 is 3.44. The molecule has 1 unspecified atom stereocenters. The second kappa shape index (κ2) is 7.77. The number of carbonyl (C=O) groups excluding carboxylic acids is 2. The van der Waals surface area contributed by atoms with Gasteiger partial charge >= 0.3 is 0 Å². The van der Waals surface area contributed by atoms with Gasteiger partial charge in [0.2, 0.25) is 5.91 Å². The third-order valence-electron chi connectivity index (χ3n) is 5.35. The topological polar surface area (TPSA) is 95.1 Å². The van der Waals surface area contributed by atoms with Gasteiger partial charge in [-0.1, -0.05) is 29.8 Å². The van der Waals surface area contributed by atoms with E-state index in [0.29, 0.717) is 30.4 Å². The highest BCUT2D eigenvalue weighted by atomic mass is 79.9. The molecule has 0 saturated heterocycles. The zero-order valence-electron chi connectivity index (χ0n) is 16.8. The van der Waals surface area contributed by atoms with Gasteiger partial charge < -0.3 is 15.1 Å². The van der Waals surface area contributed by atoms with Crippen LogP contribution in [-0.2, 0) is 4.79 Å². The Balaban J connectivity index is 1.58. The lowest BCUT2D eigenvalue weighted by Crippen LogP contribution is -2.50. The number of carbonyl (C=O) groups is 2. The van der Waals surface area contributed by atoms with Crippen LogP contribution in [0, 0.1) is 17.2 Å². The van der Waals surface area contributed by atoms with Gasteiger partial charge in [0.15, 0.2) is 0 Å². The molecule has 2 aromatic carbocycles. The molecule has 1 aliphatic rings. The fourth-order valence-electron chi connectivity index (χ4n) is 3.55. The van der Waals surface area contributed by atoms with Crippen molar-refractivity contribution in [3.63, 3.8) is 0 Å². The van der Waals surface area contributed by atoms with Crippen molar-refractivity contribution in [3.8, 4) is 6.07 Å². The second-order valence-electron chi connectivity index (χ2n) is 8.29. The number of fused-ring (bicyclic) bond motifs is 3. The Bertz CT molecular complexity index is 1190. The first-order valence-corrected chi connectivity index (χ1v) is 10.8. The number of furan rings is 1. The van der Waals surface area contributed by atoms with Gasteiger partial charge in [0.25, 0.3) is 5.91 Å². The molecule has 1 saturated carbocycles. The third kappa shape index (κ3) is 4.05. The van der Waals surface area contributed by atoms with Crippen molar-refractivity contribution in [2.24, 2.45) is 5.92 Å². The molecule has 0 spiro atoms. The summed E-state index contributed by atoms with van der Waals surface area (Å²) in [5.41, 5.74) is 1.12. The molecule has 1 heterocycles. The summed E-state index contributed by atoms with van der Waals surface area (Å²) in [6, 6.07) is 12.5. The van der Waals surface area contributed by atoms with E-state index in [9.17, 15) is 14.9 Å². The van der Waals surface area contributed by atoms with Crippen LogP contribution in [0.3, 0.4) is 0 Å². The lowest BCUT2D eigenvalue weighted by molar-refractivity contribution is -0.123. The van der Waals surface area contributed by atoms with Crippen molar-refractivity contribution in [2.45, 2.75) is 44.7 Å². The average Bonchev–Trinajstić information content (AvgIpc) is 3.38. The number of benzene rings is 2. The minimum absolute atomic E-state index is 0.206. The molecular weight excluding hydrogens is 446 g/mol. The van der Waals surface area contributed by atoms with Crippen LogP contribution in [0.1, 0.15) is 43.5 Å². The summed E-state index contributed by atoms with van der Waals surface area (Å²) in [5, 5.41) is 16.7. The van der Waals surface area contributed by atoms with E-state index in [0.717, 1.165) is 20.8 Å². The maximum Gasteiger partial charge on any atom is 0.251 e. The van der Waals surface area contributed by atoms with E-state index >= 15 is 0 Å². The van der Waals surface area contributed by atoms with E-state index in [1.165, 1.54) is 0 Å². The Hall–Kier alpha value is -2.85. The van der Waals surface area contributed by atoms with Gasteiger partial charge in [-0.25, -0.2) is 0 Å². The Labute approximate surface area is 182 Å². The minimum atomic E-state index is -0.764.